The van der Waals surface area contributed by atoms with Crippen LogP contribution in [0.5, 0.6) is 23.0 Å². The Morgan fingerprint density at radius 1 is 0.659 bits per heavy atom. The first-order valence-electron chi connectivity index (χ1n) is 13.7. The number of methoxy groups -OCH3 is 2. The van der Waals surface area contributed by atoms with Crippen LogP contribution >= 0.6 is 0 Å². The number of ether oxygens (including phenoxy) is 3. The van der Waals surface area contributed by atoms with Gasteiger partial charge in [0.15, 0.2) is 11.5 Å². The van der Waals surface area contributed by atoms with Crippen molar-refractivity contribution in [2.45, 2.75) is 5.54 Å². The molecule has 5 aromatic carbocycles. The standard InChI is InChI=1S/C35H32N4O5/c1-42-31-21-18-26(22-32(31)43-2)35(39-34(37)41,25-16-19-28(20-17-25)44-27-8-4-3-5-9-27)24-14-12-23(13-15-24)33(40)38-30-11-7-6-10-29(30)36/h3-22H,36H2,1-2H3,(H,38,40)(H3,37,39,41). The number of urea groups is 1. The highest BCUT2D eigenvalue weighted by Crippen LogP contribution is 2.41. The average Bonchev–Trinajstić information content (AvgIpc) is 3.05. The van der Waals surface area contributed by atoms with E-state index < -0.39 is 11.6 Å². The molecule has 0 aliphatic heterocycles. The fraction of sp³-hybridized carbons (Fsp3) is 0.0857. The molecule has 0 bridgehead atoms. The zero-order valence-electron chi connectivity index (χ0n) is 24.2. The van der Waals surface area contributed by atoms with Crippen molar-refractivity contribution in [1.29, 1.82) is 0 Å². The Bertz CT molecular complexity index is 1760. The lowest BCUT2D eigenvalue weighted by molar-refractivity contribution is 0.102. The van der Waals surface area contributed by atoms with E-state index in [2.05, 4.69) is 10.6 Å². The molecule has 1 unspecified atom stereocenters. The molecule has 1 atom stereocenters. The topological polar surface area (TPSA) is 138 Å². The molecule has 5 aromatic rings. The van der Waals surface area contributed by atoms with Crippen LogP contribution in [-0.2, 0) is 5.54 Å². The minimum absolute atomic E-state index is 0.337. The van der Waals surface area contributed by atoms with Crippen molar-refractivity contribution < 1.29 is 23.8 Å². The number of nitrogens with two attached hydrogens (primary N) is 2. The largest absolute Gasteiger partial charge is 0.493 e. The maximum atomic E-state index is 13.1. The van der Waals surface area contributed by atoms with Gasteiger partial charge in [-0.25, -0.2) is 4.79 Å². The number of carbonyl (C=O) groups excluding carboxylic acids is 2. The van der Waals surface area contributed by atoms with Gasteiger partial charge in [0.1, 0.15) is 17.0 Å². The third kappa shape index (κ3) is 6.12. The number of rotatable bonds is 10. The Morgan fingerprint density at radius 2 is 1.23 bits per heavy atom. The molecule has 0 saturated heterocycles. The third-order valence-corrected chi connectivity index (χ3v) is 7.18. The summed E-state index contributed by atoms with van der Waals surface area (Å²) < 4.78 is 17.1. The molecule has 9 heteroatoms. The minimum atomic E-state index is -1.30. The summed E-state index contributed by atoms with van der Waals surface area (Å²) in [6.45, 7) is 0. The van der Waals surface area contributed by atoms with Crippen LogP contribution in [0, 0.1) is 0 Å². The first-order valence-corrected chi connectivity index (χ1v) is 13.7. The Balaban J connectivity index is 1.60. The summed E-state index contributed by atoms with van der Waals surface area (Å²) in [7, 11) is 3.08. The molecule has 44 heavy (non-hydrogen) atoms. The molecule has 0 heterocycles. The van der Waals surface area contributed by atoms with Gasteiger partial charge in [-0.3, -0.25) is 4.79 Å². The van der Waals surface area contributed by atoms with Crippen molar-refractivity contribution in [1.82, 2.24) is 5.32 Å². The molecule has 5 rings (SSSR count). The van der Waals surface area contributed by atoms with Crippen LogP contribution in [0.2, 0.25) is 0 Å². The number of anilines is 2. The summed E-state index contributed by atoms with van der Waals surface area (Å²) in [5, 5.41) is 5.82. The quantitative estimate of drug-likeness (QED) is 0.112. The molecule has 0 aliphatic carbocycles. The summed E-state index contributed by atoms with van der Waals surface area (Å²) >= 11 is 0. The normalized spacial score (nSPS) is 12.0. The van der Waals surface area contributed by atoms with Crippen LogP contribution in [0.1, 0.15) is 27.0 Å². The van der Waals surface area contributed by atoms with E-state index in [4.69, 9.17) is 25.7 Å². The fourth-order valence-electron chi connectivity index (χ4n) is 5.05. The maximum absolute atomic E-state index is 13.1. The SMILES string of the molecule is COc1ccc(C(NC(N)=O)(c2ccc(Oc3ccccc3)cc2)c2ccc(C(=O)Nc3ccccc3N)cc2)cc1OC. The highest BCUT2D eigenvalue weighted by atomic mass is 16.5. The monoisotopic (exact) mass is 588 g/mol. The van der Waals surface area contributed by atoms with Gasteiger partial charge in [-0.2, -0.15) is 0 Å². The van der Waals surface area contributed by atoms with Gasteiger partial charge in [-0.15, -0.1) is 0 Å². The van der Waals surface area contributed by atoms with E-state index >= 15 is 0 Å². The van der Waals surface area contributed by atoms with E-state index in [-0.39, 0.29) is 5.91 Å². The summed E-state index contributed by atoms with van der Waals surface area (Å²) in [6, 6.07) is 35.2. The number of nitrogens with one attached hydrogen (secondary N) is 2. The number of primary amides is 1. The third-order valence-electron chi connectivity index (χ3n) is 7.18. The second-order valence-corrected chi connectivity index (χ2v) is 9.87. The minimum Gasteiger partial charge on any atom is -0.493 e. The summed E-state index contributed by atoms with van der Waals surface area (Å²) in [6.07, 6.45) is 0. The van der Waals surface area contributed by atoms with E-state index in [1.54, 1.807) is 67.8 Å². The van der Waals surface area contributed by atoms with E-state index in [9.17, 15) is 9.59 Å². The molecule has 0 fully saturated rings. The lowest BCUT2D eigenvalue weighted by Crippen LogP contribution is -2.50. The van der Waals surface area contributed by atoms with Gasteiger partial charge in [0.05, 0.1) is 25.6 Å². The van der Waals surface area contributed by atoms with Crippen molar-refractivity contribution in [2.75, 3.05) is 25.3 Å². The van der Waals surface area contributed by atoms with Crippen molar-refractivity contribution in [3.8, 4) is 23.0 Å². The van der Waals surface area contributed by atoms with Gasteiger partial charge in [-0.1, -0.05) is 60.7 Å². The van der Waals surface area contributed by atoms with E-state index in [1.807, 2.05) is 60.7 Å². The van der Waals surface area contributed by atoms with Gasteiger partial charge in [0.2, 0.25) is 0 Å². The molecule has 0 spiro atoms. The first-order chi connectivity index (χ1) is 21.3. The molecular weight excluding hydrogens is 556 g/mol. The molecule has 0 saturated carbocycles. The van der Waals surface area contributed by atoms with Crippen molar-refractivity contribution in [3.63, 3.8) is 0 Å². The Hall–Kier alpha value is -5.96. The molecule has 0 radical (unpaired) electrons. The van der Waals surface area contributed by atoms with Crippen LogP contribution < -0.4 is 36.3 Å². The predicted octanol–water partition coefficient (Wildman–Crippen LogP) is 6.29. The number of amides is 3. The van der Waals surface area contributed by atoms with Crippen LogP contribution in [0.15, 0.2) is 121 Å². The average molecular weight is 589 g/mol. The molecule has 0 aromatic heterocycles. The number of carbonyl (C=O) groups is 2. The molecule has 6 N–H and O–H groups in total. The fourth-order valence-corrected chi connectivity index (χ4v) is 5.05. The van der Waals surface area contributed by atoms with E-state index in [0.717, 1.165) is 0 Å². The van der Waals surface area contributed by atoms with E-state index in [0.29, 0.717) is 56.6 Å². The Kier molecular flexibility index (Phi) is 8.67. The van der Waals surface area contributed by atoms with Gasteiger partial charge in [0, 0.05) is 5.56 Å². The van der Waals surface area contributed by atoms with Crippen LogP contribution in [0.4, 0.5) is 16.2 Å². The summed E-state index contributed by atoms with van der Waals surface area (Å²) in [4.78, 5) is 25.8. The molecular formula is C35H32N4O5. The second kappa shape index (κ2) is 12.9. The predicted molar refractivity (Wildman–Crippen MR) is 170 cm³/mol. The number of nitrogen functional groups attached to an aromatic ring is 1. The van der Waals surface area contributed by atoms with Crippen molar-refractivity contribution in [3.05, 3.63) is 144 Å². The van der Waals surface area contributed by atoms with Crippen LogP contribution in [-0.4, -0.2) is 26.2 Å². The van der Waals surface area contributed by atoms with Crippen molar-refractivity contribution in [2.24, 2.45) is 5.73 Å². The van der Waals surface area contributed by atoms with Gasteiger partial charge in [-0.05, 0) is 77.4 Å². The Morgan fingerprint density at radius 3 is 1.84 bits per heavy atom. The maximum Gasteiger partial charge on any atom is 0.313 e. The lowest BCUT2D eigenvalue weighted by atomic mass is 9.76. The number of benzene rings is 5. The molecule has 222 valence electrons. The highest BCUT2D eigenvalue weighted by Gasteiger charge is 2.38. The molecule has 0 aliphatic rings. The molecule has 9 nitrogen and oxygen atoms in total. The van der Waals surface area contributed by atoms with Crippen LogP contribution in [0.3, 0.4) is 0 Å². The lowest BCUT2D eigenvalue weighted by Gasteiger charge is -2.36. The zero-order chi connectivity index (χ0) is 31.1. The first kappa shape index (κ1) is 29.5. The van der Waals surface area contributed by atoms with Gasteiger partial charge >= 0.3 is 6.03 Å². The number of hydrogen-bond donors (Lipinski definition) is 4. The van der Waals surface area contributed by atoms with Gasteiger partial charge < -0.3 is 36.3 Å². The van der Waals surface area contributed by atoms with Crippen molar-refractivity contribution >= 4 is 23.3 Å². The molecule has 3 amide bonds. The number of hydrogen-bond acceptors (Lipinski definition) is 6. The highest BCUT2D eigenvalue weighted by molar-refractivity contribution is 6.05. The summed E-state index contributed by atoms with van der Waals surface area (Å²) in [5.41, 5.74) is 13.8. The smallest absolute Gasteiger partial charge is 0.313 e. The number of para-hydroxylation sites is 3. The van der Waals surface area contributed by atoms with Gasteiger partial charge in [0.25, 0.3) is 5.91 Å². The zero-order valence-corrected chi connectivity index (χ0v) is 24.2. The summed E-state index contributed by atoms with van der Waals surface area (Å²) in [5.74, 6) is 1.93. The van der Waals surface area contributed by atoms with E-state index in [1.165, 1.54) is 7.11 Å². The second-order valence-electron chi connectivity index (χ2n) is 9.87. The van der Waals surface area contributed by atoms with Crippen LogP contribution in [0.25, 0.3) is 0 Å². The Labute approximate surface area is 255 Å².